The molecular weight excluding hydrogens is 286 g/mol. The number of carbonyl (C=O) groups is 1. The lowest BCUT2D eigenvalue weighted by atomic mass is 10.1. The number of benzene rings is 2. The van der Waals surface area contributed by atoms with Crippen molar-refractivity contribution in [2.75, 3.05) is 0 Å². The van der Waals surface area contributed by atoms with Gasteiger partial charge in [-0.3, -0.25) is 4.90 Å². The molecule has 0 aromatic heterocycles. The minimum Gasteiger partial charge on any atom is -0.444 e. The largest absolute Gasteiger partial charge is 0.444 e. The summed E-state index contributed by atoms with van der Waals surface area (Å²) in [5.41, 5.74) is 3.16. The molecule has 4 heteroatoms. The summed E-state index contributed by atoms with van der Waals surface area (Å²) in [5, 5.41) is 0.667. The van der Waals surface area contributed by atoms with Gasteiger partial charge in [0.1, 0.15) is 6.61 Å². The van der Waals surface area contributed by atoms with E-state index in [1.807, 2.05) is 42.5 Å². The summed E-state index contributed by atoms with van der Waals surface area (Å²) >= 11 is 5.82. The molecule has 2 aromatic carbocycles. The zero-order valence-electron chi connectivity index (χ0n) is 11.3. The molecule has 3 rings (SSSR count). The van der Waals surface area contributed by atoms with Crippen molar-refractivity contribution in [1.82, 2.24) is 4.90 Å². The highest BCUT2D eigenvalue weighted by Gasteiger charge is 2.17. The highest BCUT2D eigenvalue weighted by atomic mass is 35.5. The average Bonchev–Trinajstić information content (AvgIpc) is 2.53. The standard InChI is InChI=1S/C17H14ClNO2/c18-16-7-5-13(6-8-16)12-21-17(20)19-10-9-14-3-1-2-4-15(14)11-19/h1-10H,11-12H2. The lowest BCUT2D eigenvalue weighted by Crippen LogP contribution is -2.27. The number of carbonyl (C=O) groups excluding carboxylic acids is 1. The van der Waals surface area contributed by atoms with E-state index in [0.29, 0.717) is 11.6 Å². The Labute approximate surface area is 128 Å². The van der Waals surface area contributed by atoms with Crippen LogP contribution in [0.25, 0.3) is 6.08 Å². The van der Waals surface area contributed by atoms with Crippen molar-refractivity contribution in [2.45, 2.75) is 13.2 Å². The normalized spacial score (nSPS) is 12.9. The SMILES string of the molecule is O=C(OCc1ccc(Cl)cc1)N1C=Cc2ccccc2C1. The first-order valence-corrected chi connectivity index (χ1v) is 7.04. The Hall–Kier alpha value is -2.26. The predicted octanol–water partition coefficient (Wildman–Crippen LogP) is 4.46. The average molecular weight is 300 g/mol. The van der Waals surface area contributed by atoms with Crippen LogP contribution in [0.4, 0.5) is 4.79 Å². The molecule has 0 bridgehead atoms. The Morgan fingerprint density at radius 3 is 2.71 bits per heavy atom. The van der Waals surface area contributed by atoms with E-state index in [-0.39, 0.29) is 12.7 Å². The third kappa shape index (κ3) is 3.26. The van der Waals surface area contributed by atoms with Gasteiger partial charge in [-0.05, 0) is 34.9 Å². The van der Waals surface area contributed by atoms with Gasteiger partial charge in [0, 0.05) is 11.2 Å². The van der Waals surface area contributed by atoms with E-state index in [9.17, 15) is 4.79 Å². The first-order valence-electron chi connectivity index (χ1n) is 6.66. The molecule has 106 valence electrons. The van der Waals surface area contributed by atoms with Crippen molar-refractivity contribution in [2.24, 2.45) is 0 Å². The van der Waals surface area contributed by atoms with Crippen LogP contribution in [-0.4, -0.2) is 11.0 Å². The molecule has 0 radical (unpaired) electrons. The fourth-order valence-corrected chi connectivity index (χ4v) is 2.31. The van der Waals surface area contributed by atoms with Crippen molar-refractivity contribution in [1.29, 1.82) is 0 Å². The maximum Gasteiger partial charge on any atom is 0.414 e. The van der Waals surface area contributed by atoms with Crippen LogP contribution in [0, 0.1) is 0 Å². The molecule has 0 N–H and O–H groups in total. The molecule has 1 aliphatic heterocycles. The quantitative estimate of drug-likeness (QED) is 0.819. The van der Waals surface area contributed by atoms with Crippen molar-refractivity contribution in [3.05, 3.63) is 76.4 Å². The van der Waals surface area contributed by atoms with Gasteiger partial charge in [-0.25, -0.2) is 4.79 Å². The number of rotatable bonds is 2. The molecule has 1 amide bonds. The third-order valence-corrected chi connectivity index (χ3v) is 3.59. The zero-order valence-corrected chi connectivity index (χ0v) is 12.1. The summed E-state index contributed by atoms with van der Waals surface area (Å²) in [4.78, 5) is 13.6. The second kappa shape index (κ2) is 6.02. The first kappa shape index (κ1) is 13.7. The molecule has 1 heterocycles. The molecule has 21 heavy (non-hydrogen) atoms. The molecule has 1 aliphatic rings. The molecule has 0 unspecified atom stereocenters. The van der Waals surface area contributed by atoms with E-state index in [4.69, 9.17) is 16.3 Å². The van der Waals surface area contributed by atoms with Crippen LogP contribution in [0.5, 0.6) is 0 Å². The van der Waals surface area contributed by atoms with Crippen LogP contribution < -0.4 is 0 Å². The summed E-state index contributed by atoms with van der Waals surface area (Å²) in [7, 11) is 0. The van der Waals surface area contributed by atoms with Crippen LogP contribution in [0.2, 0.25) is 5.02 Å². The number of halogens is 1. The molecule has 2 aromatic rings. The van der Waals surface area contributed by atoms with Gasteiger partial charge < -0.3 is 4.74 Å². The van der Waals surface area contributed by atoms with Gasteiger partial charge in [-0.1, -0.05) is 48.0 Å². The van der Waals surface area contributed by atoms with E-state index in [2.05, 4.69) is 0 Å². The molecule has 0 fully saturated rings. The van der Waals surface area contributed by atoms with E-state index in [1.165, 1.54) is 0 Å². The Morgan fingerprint density at radius 1 is 1.14 bits per heavy atom. The molecule has 0 aliphatic carbocycles. The van der Waals surface area contributed by atoms with Gasteiger partial charge in [0.15, 0.2) is 0 Å². The lowest BCUT2D eigenvalue weighted by Gasteiger charge is -2.22. The van der Waals surface area contributed by atoms with E-state index in [0.717, 1.165) is 16.7 Å². The molecular formula is C17H14ClNO2. The Bertz CT molecular complexity index is 679. The van der Waals surface area contributed by atoms with Gasteiger partial charge in [0.25, 0.3) is 0 Å². The minimum absolute atomic E-state index is 0.238. The van der Waals surface area contributed by atoms with Crippen LogP contribution in [-0.2, 0) is 17.9 Å². The van der Waals surface area contributed by atoms with Crippen LogP contribution in [0.15, 0.2) is 54.7 Å². The van der Waals surface area contributed by atoms with Crippen molar-refractivity contribution in [3.8, 4) is 0 Å². The topological polar surface area (TPSA) is 29.5 Å². The summed E-state index contributed by atoms with van der Waals surface area (Å²) in [5.74, 6) is 0. The van der Waals surface area contributed by atoms with Gasteiger partial charge in [0.05, 0.1) is 6.54 Å². The monoisotopic (exact) mass is 299 g/mol. The first-order chi connectivity index (χ1) is 10.2. The van der Waals surface area contributed by atoms with E-state index >= 15 is 0 Å². The number of hydrogen-bond donors (Lipinski definition) is 0. The second-order valence-corrected chi connectivity index (χ2v) is 5.26. The smallest absolute Gasteiger partial charge is 0.414 e. The highest BCUT2D eigenvalue weighted by molar-refractivity contribution is 6.30. The van der Waals surface area contributed by atoms with E-state index in [1.54, 1.807) is 23.2 Å². The summed E-state index contributed by atoms with van der Waals surface area (Å²) in [6.45, 7) is 0.772. The second-order valence-electron chi connectivity index (χ2n) is 4.82. The maximum atomic E-state index is 12.1. The summed E-state index contributed by atoms with van der Waals surface area (Å²) in [6, 6.07) is 15.2. The molecule has 0 spiro atoms. The number of ether oxygens (including phenoxy) is 1. The molecule has 0 atom stereocenters. The third-order valence-electron chi connectivity index (χ3n) is 3.34. The van der Waals surface area contributed by atoms with Crippen LogP contribution >= 0.6 is 11.6 Å². The predicted molar refractivity (Wildman–Crippen MR) is 82.7 cm³/mol. The highest BCUT2D eigenvalue weighted by Crippen LogP contribution is 2.20. The Balaban J connectivity index is 1.61. The Morgan fingerprint density at radius 2 is 1.90 bits per heavy atom. The van der Waals surface area contributed by atoms with Crippen LogP contribution in [0.1, 0.15) is 16.7 Å². The molecule has 3 nitrogen and oxygen atoms in total. The van der Waals surface area contributed by atoms with E-state index < -0.39 is 0 Å². The van der Waals surface area contributed by atoms with Crippen molar-refractivity contribution < 1.29 is 9.53 Å². The number of hydrogen-bond acceptors (Lipinski definition) is 2. The van der Waals surface area contributed by atoms with Gasteiger partial charge in [-0.2, -0.15) is 0 Å². The Kier molecular flexibility index (Phi) is 3.93. The van der Waals surface area contributed by atoms with Gasteiger partial charge in [0.2, 0.25) is 0 Å². The van der Waals surface area contributed by atoms with Crippen molar-refractivity contribution in [3.63, 3.8) is 0 Å². The fraction of sp³-hybridized carbons (Fsp3) is 0.118. The fourth-order valence-electron chi connectivity index (χ4n) is 2.18. The zero-order chi connectivity index (χ0) is 14.7. The number of nitrogens with zero attached hydrogens (tertiary/aromatic N) is 1. The number of fused-ring (bicyclic) bond motifs is 1. The maximum absolute atomic E-state index is 12.1. The lowest BCUT2D eigenvalue weighted by molar-refractivity contribution is 0.108. The summed E-state index contributed by atoms with van der Waals surface area (Å²) < 4.78 is 5.32. The number of amides is 1. The summed E-state index contributed by atoms with van der Waals surface area (Å²) in [6.07, 6.45) is 3.32. The van der Waals surface area contributed by atoms with Gasteiger partial charge in [-0.15, -0.1) is 0 Å². The molecule has 0 saturated carbocycles. The van der Waals surface area contributed by atoms with Gasteiger partial charge >= 0.3 is 6.09 Å². The minimum atomic E-state index is -0.351. The van der Waals surface area contributed by atoms with Crippen LogP contribution in [0.3, 0.4) is 0 Å². The van der Waals surface area contributed by atoms with Crippen molar-refractivity contribution >= 4 is 23.8 Å². The molecule has 0 saturated heterocycles.